The summed E-state index contributed by atoms with van der Waals surface area (Å²) in [6, 6.07) is 13.3. The number of nitriles is 1. The summed E-state index contributed by atoms with van der Waals surface area (Å²) in [6.45, 7) is 11.0. The molecule has 55 heavy (non-hydrogen) atoms. The van der Waals surface area contributed by atoms with E-state index in [0.717, 1.165) is 42.0 Å². The lowest BCUT2D eigenvalue weighted by atomic mass is 9.49. The summed E-state index contributed by atoms with van der Waals surface area (Å²) >= 11 is 6.23. The summed E-state index contributed by atoms with van der Waals surface area (Å²) in [4.78, 5) is 69.7. The Morgan fingerprint density at radius 2 is 1.58 bits per heavy atom. The van der Waals surface area contributed by atoms with Gasteiger partial charge in [0.1, 0.15) is 24.0 Å². The second-order valence-electron chi connectivity index (χ2n) is 16.3. The summed E-state index contributed by atoms with van der Waals surface area (Å²) in [7, 11) is 0. The molecule has 2 aromatic carbocycles. The molecule has 284 valence electrons. The monoisotopic (exact) mass is 764 g/mol. The molecule has 0 radical (unpaired) electrons. The van der Waals surface area contributed by atoms with Gasteiger partial charge in [-0.25, -0.2) is 0 Å². The number of amides is 5. The van der Waals surface area contributed by atoms with Crippen molar-refractivity contribution in [2.75, 3.05) is 18.0 Å². The van der Waals surface area contributed by atoms with Crippen molar-refractivity contribution in [2.45, 2.75) is 90.7 Å². The van der Waals surface area contributed by atoms with E-state index in [-0.39, 0.29) is 36.6 Å². The van der Waals surface area contributed by atoms with E-state index in [1.165, 1.54) is 0 Å². The number of halogens is 1. The Hall–Kier alpha value is -5.39. The van der Waals surface area contributed by atoms with Gasteiger partial charge in [-0.05, 0) is 66.8 Å². The Bertz CT molecular complexity index is 2130. The lowest BCUT2D eigenvalue weighted by Gasteiger charge is -2.63. The Balaban J connectivity index is 0.846. The molecule has 15 heteroatoms. The molecule has 1 aromatic heterocycles. The van der Waals surface area contributed by atoms with Gasteiger partial charge in [0.15, 0.2) is 11.5 Å². The predicted molar refractivity (Wildman–Crippen MR) is 199 cm³/mol. The van der Waals surface area contributed by atoms with Crippen molar-refractivity contribution in [2.24, 2.45) is 10.8 Å². The van der Waals surface area contributed by atoms with Gasteiger partial charge in [-0.15, -0.1) is 10.2 Å². The fraction of sp³-hybridized carbons (Fsp3) is 0.450. The van der Waals surface area contributed by atoms with Crippen molar-refractivity contribution in [1.29, 1.82) is 5.26 Å². The molecule has 8 rings (SSSR count). The van der Waals surface area contributed by atoms with Crippen molar-refractivity contribution in [3.63, 3.8) is 0 Å². The molecule has 5 amide bonds. The average Bonchev–Trinajstić information content (AvgIpc) is 3.69. The van der Waals surface area contributed by atoms with Gasteiger partial charge in [-0.1, -0.05) is 39.3 Å². The molecular weight excluding hydrogens is 724 g/mol. The minimum Gasteiger partial charge on any atom is -0.489 e. The van der Waals surface area contributed by atoms with E-state index in [0.29, 0.717) is 52.4 Å². The molecule has 1 saturated carbocycles. The van der Waals surface area contributed by atoms with Crippen LogP contribution in [0.3, 0.4) is 0 Å². The van der Waals surface area contributed by atoms with Crippen LogP contribution in [0, 0.1) is 22.2 Å². The van der Waals surface area contributed by atoms with Gasteiger partial charge < -0.3 is 15.0 Å². The van der Waals surface area contributed by atoms with Crippen LogP contribution in [0.15, 0.2) is 42.5 Å². The molecule has 1 aliphatic carbocycles. The summed E-state index contributed by atoms with van der Waals surface area (Å²) in [5, 5.41) is 23.7. The van der Waals surface area contributed by atoms with Crippen LogP contribution >= 0.6 is 11.6 Å². The van der Waals surface area contributed by atoms with Crippen LogP contribution < -0.4 is 20.3 Å². The van der Waals surface area contributed by atoms with Crippen LogP contribution in [0.2, 0.25) is 5.02 Å². The molecule has 14 nitrogen and oxygen atoms in total. The van der Waals surface area contributed by atoms with Crippen molar-refractivity contribution in [1.82, 2.24) is 30.6 Å². The van der Waals surface area contributed by atoms with Crippen LogP contribution in [-0.4, -0.2) is 86.9 Å². The number of aromatic nitrogens is 2. The standard InChI is InChI=1S/C40H41ClN8O6/c1-39(2)37(40(3,4)38(39)55-25-6-5-21(18-42)28(41)17-25)44-33(51)29-7-9-31(46-45-29)47-13-11-24(12-14-47)48-19-22-15-26-27(16-23(22)20-48)36(54)49(35(26)53)30-8-10-32(50)43-34(30)52/h5-7,9,15-17,24,30,37-38H,8,10-14,19-20H2,1-4H3,(H,44,51)(H,43,50,52)/t30?,37-,38-. The summed E-state index contributed by atoms with van der Waals surface area (Å²) in [6.07, 6.45) is 1.74. The van der Waals surface area contributed by atoms with E-state index in [4.69, 9.17) is 16.3 Å². The largest absolute Gasteiger partial charge is 0.489 e. The van der Waals surface area contributed by atoms with Gasteiger partial charge in [0, 0.05) is 61.6 Å². The molecule has 2 N–H and O–H groups in total. The molecule has 3 fully saturated rings. The molecule has 1 atom stereocenters. The zero-order chi connectivity index (χ0) is 39.0. The molecule has 5 heterocycles. The van der Waals surface area contributed by atoms with Crippen molar-refractivity contribution < 1.29 is 28.7 Å². The molecule has 0 bridgehead atoms. The third-order valence-corrected chi connectivity index (χ3v) is 12.4. The number of piperidine rings is 2. The highest BCUT2D eigenvalue weighted by atomic mass is 35.5. The topological polar surface area (TPSA) is 178 Å². The maximum absolute atomic E-state index is 13.4. The van der Waals surface area contributed by atoms with Crippen molar-refractivity contribution in [3.8, 4) is 11.8 Å². The first-order valence-electron chi connectivity index (χ1n) is 18.5. The number of carbonyl (C=O) groups is 5. The highest BCUT2D eigenvalue weighted by molar-refractivity contribution is 6.31. The minimum atomic E-state index is -0.982. The molecule has 5 aliphatic rings. The quantitative estimate of drug-likeness (QED) is 0.333. The van der Waals surface area contributed by atoms with E-state index < -0.39 is 40.5 Å². The highest BCUT2D eigenvalue weighted by Gasteiger charge is 2.64. The fourth-order valence-corrected chi connectivity index (χ4v) is 9.74. The van der Waals surface area contributed by atoms with Gasteiger partial charge in [0.05, 0.1) is 21.7 Å². The van der Waals surface area contributed by atoms with Crippen LogP contribution in [0.1, 0.15) is 101 Å². The first-order chi connectivity index (χ1) is 26.2. The maximum atomic E-state index is 13.4. The summed E-state index contributed by atoms with van der Waals surface area (Å²) in [5.41, 5.74) is 2.40. The first kappa shape index (κ1) is 36.6. The Labute approximate surface area is 323 Å². The number of hydrogen-bond donors (Lipinski definition) is 2. The molecule has 2 saturated heterocycles. The zero-order valence-electron chi connectivity index (χ0n) is 31.0. The number of carbonyl (C=O) groups excluding carboxylic acids is 5. The van der Waals surface area contributed by atoms with Crippen molar-refractivity contribution >= 4 is 47.0 Å². The minimum absolute atomic E-state index is 0.0824. The number of imide groups is 2. The Morgan fingerprint density at radius 3 is 2.15 bits per heavy atom. The number of rotatable bonds is 7. The zero-order valence-corrected chi connectivity index (χ0v) is 31.8. The third kappa shape index (κ3) is 6.19. The number of anilines is 1. The Kier molecular flexibility index (Phi) is 8.93. The SMILES string of the molecule is CC1(C)[C@H](NC(=O)c2ccc(N3CCC(N4Cc5cc6c(cc5C4)C(=O)N(C4CCC(=O)NC4=O)C6=O)CC3)nn2)C(C)(C)[C@H]1Oc1ccc(C#N)c(Cl)c1. The van der Waals surface area contributed by atoms with E-state index in [2.05, 4.69) is 36.7 Å². The van der Waals surface area contributed by atoms with E-state index in [1.807, 2.05) is 33.8 Å². The number of fused-ring (bicyclic) bond motifs is 2. The first-order valence-corrected chi connectivity index (χ1v) is 18.9. The average molecular weight is 765 g/mol. The molecule has 0 spiro atoms. The lowest BCUT2D eigenvalue weighted by Crippen LogP contribution is -2.74. The van der Waals surface area contributed by atoms with Gasteiger partial charge >= 0.3 is 0 Å². The number of ether oxygens (including phenoxy) is 1. The van der Waals surface area contributed by atoms with E-state index in [9.17, 15) is 29.2 Å². The number of nitrogens with one attached hydrogen (secondary N) is 2. The molecule has 4 aliphatic heterocycles. The highest BCUT2D eigenvalue weighted by Crippen LogP contribution is 2.55. The van der Waals surface area contributed by atoms with E-state index in [1.54, 1.807) is 36.4 Å². The second-order valence-corrected chi connectivity index (χ2v) is 16.7. The molecule has 3 aromatic rings. The smallest absolute Gasteiger partial charge is 0.272 e. The number of nitrogens with zero attached hydrogens (tertiary/aromatic N) is 6. The third-order valence-electron chi connectivity index (χ3n) is 12.1. The van der Waals surface area contributed by atoms with Crippen LogP contribution in [0.25, 0.3) is 0 Å². The Morgan fingerprint density at radius 1 is 0.927 bits per heavy atom. The normalized spacial score (nSPS) is 24.5. The van der Waals surface area contributed by atoms with Crippen molar-refractivity contribution in [3.05, 3.63) is 81.0 Å². The fourth-order valence-electron chi connectivity index (χ4n) is 9.53. The molecule has 1 unspecified atom stereocenters. The number of benzene rings is 2. The number of hydrogen-bond acceptors (Lipinski definition) is 11. The van der Waals surface area contributed by atoms with E-state index >= 15 is 0 Å². The van der Waals surface area contributed by atoms with Crippen LogP contribution in [0.5, 0.6) is 5.75 Å². The summed E-state index contributed by atoms with van der Waals surface area (Å²) in [5.74, 6) is -1.04. The summed E-state index contributed by atoms with van der Waals surface area (Å²) < 4.78 is 6.34. The second kappa shape index (κ2) is 13.4. The van der Waals surface area contributed by atoms with Gasteiger partial charge in [0.2, 0.25) is 11.8 Å². The maximum Gasteiger partial charge on any atom is 0.272 e. The van der Waals surface area contributed by atoms with Crippen LogP contribution in [0.4, 0.5) is 5.82 Å². The van der Waals surface area contributed by atoms with Crippen LogP contribution in [-0.2, 0) is 22.7 Å². The van der Waals surface area contributed by atoms with Gasteiger partial charge in [-0.3, -0.25) is 39.1 Å². The predicted octanol–water partition coefficient (Wildman–Crippen LogP) is 4.00. The van der Waals surface area contributed by atoms with Gasteiger partial charge in [-0.2, -0.15) is 5.26 Å². The molecular formula is C40H41ClN8O6. The van der Waals surface area contributed by atoms with Gasteiger partial charge in [0.25, 0.3) is 17.7 Å². The lowest BCUT2D eigenvalue weighted by molar-refractivity contribution is -0.164.